The molecule has 0 bridgehead atoms. The van der Waals surface area contributed by atoms with E-state index in [0.717, 1.165) is 37.3 Å². The van der Waals surface area contributed by atoms with Gasteiger partial charge in [-0.2, -0.15) is 0 Å². The van der Waals surface area contributed by atoms with Crippen LogP contribution < -0.4 is 10.2 Å². The van der Waals surface area contributed by atoms with Crippen molar-refractivity contribution in [1.82, 2.24) is 4.90 Å². The molecule has 132 valence electrons. The van der Waals surface area contributed by atoms with Crippen molar-refractivity contribution in [2.45, 2.75) is 45.0 Å². The molecule has 1 aromatic rings. The lowest BCUT2D eigenvalue weighted by molar-refractivity contribution is -0.00521. The van der Waals surface area contributed by atoms with E-state index < -0.39 is 6.10 Å². The summed E-state index contributed by atoms with van der Waals surface area (Å²) < 4.78 is 5.77. The number of urea groups is 1. The van der Waals surface area contributed by atoms with Gasteiger partial charge in [0.2, 0.25) is 0 Å². The molecule has 2 aliphatic rings. The van der Waals surface area contributed by atoms with E-state index in [1.807, 2.05) is 24.3 Å². The number of hydrogen-bond acceptors (Lipinski definition) is 4. The number of benzene rings is 1. The van der Waals surface area contributed by atoms with Crippen LogP contribution in [-0.4, -0.2) is 60.5 Å². The van der Waals surface area contributed by atoms with Gasteiger partial charge in [0.05, 0.1) is 18.3 Å². The topological polar surface area (TPSA) is 65.0 Å². The molecule has 0 unspecified atom stereocenters. The zero-order chi connectivity index (χ0) is 17.1. The number of aliphatic hydroxyl groups excluding tert-OH is 1. The fraction of sp³-hybridized carbons (Fsp3) is 0.611. The zero-order valence-electron chi connectivity index (χ0n) is 14.4. The van der Waals surface area contributed by atoms with Gasteiger partial charge in [0.1, 0.15) is 0 Å². The molecular formula is C18H27N3O3. The lowest BCUT2D eigenvalue weighted by Gasteiger charge is -2.37. The Balaban J connectivity index is 1.59. The molecule has 24 heavy (non-hydrogen) atoms. The highest BCUT2D eigenvalue weighted by atomic mass is 16.5. The smallest absolute Gasteiger partial charge is 0.321 e. The summed E-state index contributed by atoms with van der Waals surface area (Å²) >= 11 is 0. The quantitative estimate of drug-likeness (QED) is 0.871. The predicted octanol–water partition coefficient (Wildman–Crippen LogP) is 2.29. The summed E-state index contributed by atoms with van der Waals surface area (Å²) in [7, 11) is 0. The summed E-state index contributed by atoms with van der Waals surface area (Å²) in [5.74, 6) is 0. The number of aliphatic hydroxyl groups is 1. The monoisotopic (exact) mass is 333 g/mol. The number of likely N-dealkylation sites (tertiary alicyclic amines) is 1. The second-order valence-electron chi connectivity index (χ2n) is 6.88. The molecule has 1 aromatic carbocycles. The van der Waals surface area contributed by atoms with Gasteiger partial charge in [0.15, 0.2) is 0 Å². The number of amides is 2. The number of rotatable bonds is 2. The van der Waals surface area contributed by atoms with Gasteiger partial charge >= 0.3 is 6.03 Å². The fourth-order valence-electron chi connectivity index (χ4n) is 3.49. The summed E-state index contributed by atoms with van der Waals surface area (Å²) in [5.41, 5.74) is 1.92. The number of ether oxygens (including phenoxy) is 1. The number of nitrogens with zero attached hydrogens (tertiary/aromatic N) is 2. The van der Waals surface area contributed by atoms with Gasteiger partial charge in [0, 0.05) is 37.6 Å². The van der Waals surface area contributed by atoms with Gasteiger partial charge in [-0.1, -0.05) is 0 Å². The van der Waals surface area contributed by atoms with Crippen molar-refractivity contribution < 1.29 is 14.6 Å². The Labute approximate surface area is 143 Å². The maximum atomic E-state index is 12.3. The van der Waals surface area contributed by atoms with E-state index in [0.29, 0.717) is 13.1 Å². The summed E-state index contributed by atoms with van der Waals surface area (Å²) in [6.07, 6.45) is 1.66. The van der Waals surface area contributed by atoms with Gasteiger partial charge in [0.25, 0.3) is 0 Å². The average Bonchev–Trinajstić information content (AvgIpc) is 2.54. The maximum absolute atomic E-state index is 12.3. The van der Waals surface area contributed by atoms with Crippen LogP contribution in [0, 0.1) is 0 Å². The number of nitrogens with one attached hydrogen (secondary N) is 1. The molecule has 2 N–H and O–H groups in total. The van der Waals surface area contributed by atoms with Crippen molar-refractivity contribution in [3.63, 3.8) is 0 Å². The third-order valence-electron chi connectivity index (χ3n) is 4.59. The molecule has 6 nitrogen and oxygen atoms in total. The van der Waals surface area contributed by atoms with Crippen LogP contribution >= 0.6 is 0 Å². The van der Waals surface area contributed by atoms with Gasteiger partial charge in [-0.25, -0.2) is 4.79 Å². The van der Waals surface area contributed by atoms with Crippen molar-refractivity contribution in [1.29, 1.82) is 0 Å². The van der Waals surface area contributed by atoms with Crippen LogP contribution in [0.1, 0.15) is 26.7 Å². The number of morpholine rings is 1. The molecule has 3 atom stereocenters. The number of carbonyl (C=O) groups excluding carboxylic acids is 1. The molecule has 2 amide bonds. The molecule has 0 aliphatic carbocycles. The molecule has 0 aromatic heterocycles. The van der Waals surface area contributed by atoms with Crippen molar-refractivity contribution in [2.75, 3.05) is 36.4 Å². The highest BCUT2D eigenvalue weighted by Crippen LogP contribution is 2.22. The van der Waals surface area contributed by atoms with Gasteiger partial charge < -0.3 is 25.0 Å². The summed E-state index contributed by atoms with van der Waals surface area (Å²) in [6.45, 7) is 7.04. The van der Waals surface area contributed by atoms with E-state index in [4.69, 9.17) is 4.74 Å². The van der Waals surface area contributed by atoms with Crippen LogP contribution in [0.25, 0.3) is 0 Å². The van der Waals surface area contributed by atoms with E-state index in [-0.39, 0.29) is 18.2 Å². The van der Waals surface area contributed by atoms with E-state index in [9.17, 15) is 9.90 Å². The fourth-order valence-corrected chi connectivity index (χ4v) is 3.49. The van der Waals surface area contributed by atoms with Crippen LogP contribution in [0.5, 0.6) is 0 Å². The normalized spacial score (nSPS) is 27.9. The van der Waals surface area contributed by atoms with Crippen LogP contribution in [0.15, 0.2) is 24.3 Å². The van der Waals surface area contributed by atoms with Crippen LogP contribution in [0.3, 0.4) is 0 Å². The Morgan fingerprint density at radius 2 is 1.83 bits per heavy atom. The van der Waals surface area contributed by atoms with E-state index in [1.165, 1.54) is 0 Å². The lowest BCUT2D eigenvalue weighted by atomic mass is 10.1. The molecule has 3 rings (SSSR count). The second kappa shape index (κ2) is 7.40. The van der Waals surface area contributed by atoms with Crippen molar-refractivity contribution in [3.05, 3.63) is 24.3 Å². The first-order valence-electron chi connectivity index (χ1n) is 8.75. The highest BCUT2D eigenvalue weighted by molar-refractivity contribution is 5.89. The van der Waals surface area contributed by atoms with Gasteiger partial charge in [-0.15, -0.1) is 0 Å². The maximum Gasteiger partial charge on any atom is 0.321 e. The summed E-state index contributed by atoms with van der Waals surface area (Å²) in [6, 6.07) is 7.78. The number of piperidine rings is 1. The van der Waals surface area contributed by atoms with Gasteiger partial charge in [-0.3, -0.25) is 0 Å². The Morgan fingerprint density at radius 3 is 2.46 bits per heavy atom. The van der Waals surface area contributed by atoms with Crippen molar-refractivity contribution in [2.24, 2.45) is 0 Å². The van der Waals surface area contributed by atoms with Crippen molar-refractivity contribution in [3.8, 4) is 0 Å². The van der Waals surface area contributed by atoms with Crippen LogP contribution in [0.2, 0.25) is 0 Å². The summed E-state index contributed by atoms with van der Waals surface area (Å²) in [5, 5.41) is 12.6. The number of carbonyl (C=O) groups is 1. The Hall–Kier alpha value is -1.79. The highest BCUT2D eigenvalue weighted by Gasteiger charge is 2.23. The third kappa shape index (κ3) is 4.19. The molecule has 2 aliphatic heterocycles. The first-order valence-corrected chi connectivity index (χ1v) is 8.75. The molecule has 2 heterocycles. The zero-order valence-corrected chi connectivity index (χ0v) is 14.4. The van der Waals surface area contributed by atoms with E-state index in [1.54, 1.807) is 4.90 Å². The molecule has 2 fully saturated rings. The predicted molar refractivity (Wildman–Crippen MR) is 94.5 cm³/mol. The SMILES string of the molecule is C[C@@H]1CN(c2ccc(NC(=O)N3CCC[C@@H](O)C3)cc2)C[C@H](C)O1. The molecular weight excluding hydrogens is 306 g/mol. The Bertz CT molecular complexity index is 553. The first kappa shape index (κ1) is 17.0. The minimum atomic E-state index is -0.405. The Kier molecular flexibility index (Phi) is 5.26. The summed E-state index contributed by atoms with van der Waals surface area (Å²) in [4.78, 5) is 16.2. The third-order valence-corrected chi connectivity index (χ3v) is 4.59. The van der Waals surface area contributed by atoms with Gasteiger partial charge in [-0.05, 0) is 51.0 Å². The van der Waals surface area contributed by atoms with Crippen LogP contribution in [-0.2, 0) is 4.74 Å². The Morgan fingerprint density at radius 1 is 1.17 bits per heavy atom. The standard InChI is InChI=1S/C18H27N3O3/c1-13-10-21(11-14(2)24-13)16-7-5-15(6-8-16)19-18(23)20-9-3-4-17(22)12-20/h5-8,13-14,17,22H,3-4,9-12H2,1-2H3,(H,19,23)/t13-,14+,17-/m1/s1. The molecule has 2 saturated heterocycles. The largest absolute Gasteiger partial charge is 0.391 e. The number of β-amino-alcohol motifs (C(OH)–C–C–N with tert-alkyl or cyclic N) is 1. The van der Waals surface area contributed by atoms with E-state index in [2.05, 4.69) is 24.1 Å². The first-order chi connectivity index (χ1) is 11.5. The van der Waals surface area contributed by atoms with E-state index >= 15 is 0 Å². The minimum Gasteiger partial charge on any atom is -0.391 e. The molecule has 0 radical (unpaired) electrons. The molecule has 0 spiro atoms. The number of hydrogen-bond donors (Lipinski definition) is 2. The average molecular weight is 333 g/mol. The van der Waals surface area contributed by atoms with Crippen LogP contribution in [0.4, 0.5) is 16.2 Å². The lowest BCUT2D eigenvalue weighted by Crippen LogP contribution is -2.45. The molecule has 6 heteroatoms. The minimum absolute atomic E-state index is 0.143. The second-order valence-corrected chi connectivity index (χ2v) is 6.88. The molecule has 0 saturated carbocycles. The van der Waals surface area contributed by atoms with Crippen molar-refractivity contribution >= 4 is 17.4 Å². The number of anilines is 2.